The first-order valence-corrected chi connectivity index (χ1v) is 4.71. The molecule has 0 spiro atoms. The van der Waals surface area contributed by atoms with Gasteiger partial charge < -0.3 is 5.32 Å². The summed E-state index contributed by atoms with van der Waals surface area (Å²) in [6.07, 6.45) is 10.2. The average molecular weight is 139 g/mol. The molecule has 2 saturated heterocycles. The highest BCUT2D eigenvalue weighted by Crippen LogP contribution is 2.23. The Morgan fingerprint density at radius 1 is 0.700 bits per heavy atom. The Bertz CT molecular complexity index is 99.3. The Morgan fingerprint density at radius 3 is 1.80 bits per heavy atom. The molecule has 2 aliphatic rings. The quantitative estimate of drug-likeness (QED) is 0.541. The van der Waals surface area contributed by atoms with Gasteiger partial charge in [-0.25, -0.2) is 0 Å². The molecule has 1 nitrogen and oxygen atoms in total. The molecule has 2 bridgehead atoms. The van der Waals surface area contributed by atoms with Crippen LogP contribution in [-0.2, 0) is 0 Å². The number of rotatable bonds is 0. The van der Waals surface area contributed by atoms with Crippen LogP contribution in [0.5, 0.6) is 0 Å². The second-order valence-electron chi connectivity index (χ2n) is 3.78. The van der Waals surface area contributed by atoms with E-state index in [1.165, 1.54) is 44.9 Å². The van der Waals surface area contributed by atoms with E-state index in [1.807, 2.05) is 0 Å². The molecule has 0 amide bonds. The van der Waals surface area contributed by atoms with Gasteiger partial charge in [-0.05, 0) is 25.7 Å². The van der Waals surface area contributed by atoms with Gasteiger partial charge in [-0.2, -0.15) is 0 Å². The largest absolute Gasteiger partial charge is 0.311 e. The lowest BCUT2D eigenvalue weighted by Crippen LogP contribution is -2.40. The zero-order valence-corrected chi connectivity index (χ0v) is 6.60. The van der Waals surface area contributed by atoms with Crippen LogP contribution in [-0.4, -0.2) is 12.1 Å². The van der Waals surface area contributed by atoms with E-state index in [1.54, 1.807) is 0 Å². The van der Waals surface area contributed by atoms with Crippen molar-refractivity contribution in [1.82, 2.24) is 5.32 Å². The summed E-state index contributed by atoms with van der Waals surface area (Å²) in [6, 6.07) is 1.78. The molecule has 1 heteroatoms. The van der Waals surface area contributed by atoms with Gasteiger partial charge in [-0.1, -0.05) is 19.3 Å². The fraction of sp³-hybridized carbons (Fsp3) is 1.00. The van der Waals surface area contributed by atoms with E-state index >= 15 is 0 Å². The minimum absolute atomic E-state index is 0.890. The standard InChI is InChI=1S/C9H17N/c1-2-5-9-7-3-6-8(4-1)10-9/h8-10H,1-7H2/t8-,9-/m0/s1. The maximum Gasteiger partial charge on any atom is 0.00696 e. The van der Waals surface area contributed by atoms with Crippen molar-refractivity contribution in [3.05, 3.63) is 0 Å². The summed E-state index contributed by atoms with van der Waals surface area (Å²) in [5, 5.41) is 3.72. The smallest absolute Gasteiger partial charge is 0.00696 e. The van der Waals surface area contributed by atoms with E-state index in [0.717, 1.165) is 12.1 Å². The SMILES string of the molecule is C1CC[C@H]2CCC[C@H](C1)N2. The third-order valence-corrected chi connectivity index (χ3v) is 2.93. The van der Waals surface area contributed by atoms with Crippen molar-refractivity contribution in [2.75, 3.05) is 0 Å². The summed E-state index contributed by atoms with van der Waals surface area (Å²) >= 11 is 0. The molecule has 2 rings (SSSR count). The van der Waals surface area contributed by atoms with Crippen molar-refractivity contribution in [3.63, 3.8) is 0 Å². The lowest BCUT2D eigenvalue weighted by atomic mass is 9.98. The third-order valence-electron chi connectivity index (χ3n) is 2.93. The highest BCUT2D eigenvalue weighted by Gasteiger charge is 2.22. The van der Waals surface area contributed by atoms with Crippen molar-refractivity contribution < 1.29 is 0 Å². The van der Waals surface area contributed by atoms with Crippen molar-refractivity contribution >= 4 is 0 Å². The Hall–Kier alpha value is -0.0400. The molecule has 2 aliphatic heterocycles. The molecule has 0 saturated carbocycles. The minimum atomic E-state index is 0.890. The fourth-order valence-electron chi connectivity index (χ4n) is 2.35. The molecule has 1 N–H and O–H groups in total. The van der Waals surface area contributed by atoms with Crippen LogP contribution in [0.15, 0.2) is 0 Å². The summed E-state index contributed by atoms with van der Waals surface area (Å²) in [4.78, 5) is 0. The van der Waals surface area contributed by atoms with Crippen molar-refractivity contribution in [2.24, 2.45) is 0 Å². The van der Waals surface area contributed by atoms with Gasteiger partial charge in [-0.15, -0.1) is 0 Å². The van der Waals surface area contributed by atoms with Gasteiger partial charge >= 0.3 is 0 Å². The van der Waals surface area contributed by atoms with Crippen molar-refractivity contribution in [2.45, 2.75) is 57.0 Å². The highest BCUT2D eigenvalue weighted by molar-refractivity contribution is 4.82. The van der Waals surface area contributed by atoms with E-state index in [0.29, 0.717) is 0 Å². The van der Waals surface area contributed by atoms with Crippen LogP contribution in [0.25, 0.3) is 0 Å². The van der Waals surface area contributed by atoms with E-state index in [9.17, 15) is 0 Å². The first kappa shape index (κ1) is 6.66. The van der Waals surface area contributed by atoms with Gasteiger partial charge in [0.25, 0.3) is 0 Å². The Kier molecular flexibility index (Phi) is 1.94. The molecule has 0 aromatic carbocycles. The van der Waals surface area contributed by atoms with Gasteiger partial charge in [0, 0.05) is 12.1 Å². The van der Waals surface area contributed by atoms with Crippen LogP contribution in [0.3, 0.4) is 0 Å². The zero-order chi connectivity index (χ0) is 6.81. The number of hydrogen-bond donors (Lipinski definition) is 1. The van der Waals surface area contributed by atoms with Crippen LogP contribution in [0, 0.1) is 0 Å². The Balaban J connectivity index is 1.96. The van der Waals surface area contributed by atoms with E-state index in [4.69, 9.17) is 0 Å². The first-order valence-electron chi connectivity index (χ1n) is 4.71. The van der Waals surface area contributed by atoms with Crippen LogP contribution in [0.1, 0.15) is 44.9 Å². The summed E-state index contributed by atoms with van der Waals surface area (Å²) in [5.41, 5.74) is 0. The van der Waals surface area contributed by atoms with Crippen LogP contribution >= 0.6 is 0 Å². The highest BCUT2D eigenvalue weighted by atomic mass is 15.0. The molecular weight excluding hydrogens is 122 g/mol. The predicted molar refractivity (Wildman–Crippen MR) is 43.0 cm³/mol. The van der Waals surface area contributed by atoms with Crippen molar-refractivity contribution in [1.29, 1.82) is 0 Å². The van der Waals surface area contributed by atoms with Gasteiger partial charge in [0.15, 0.2) is 0 Å². The molecule has 58 valence electrons. The lowest BCUT2D eigenvalue weighted by Gasteiger charge is -2.27. The molecule has 2 fully saturated rings. The molecule has 2 atom stereocenters. The van der Waals surface area contributed by atoms with E-state index < -0.39 is 0 Å². The Morgan fingerprint density at radius 2 is 1.20 bits per heavy atom. The normalized spacial score (nSPS) is 40.8. The monoisotopic (exact) mass is 139 g/mol. The summed E-state index contributed by atoms with van der Waals surface area (Å²) in [6.45, 7) is 0. The number of hydrogen-bond acceptors (Lipinski definition) is 1. The first-order chi connectivity index (χ1) is 4.95. The molecule has 0 aromatic rings. The van der Waals surface area contributed by atoms with Crippen LogP contribution < -0.4 is 5.32 Å². The van der Waals surface area contributed by atoms with E-state index in [-0.39, 0.29) is 0 Å². The third kappa shape index (κ3) is 1.34. The molecular formula is C9H17N. The molecule has 2 heterocycles. The second kappa shape index (κ2) is 2.91. The lowest BCUT2D eigenvalue weighted by molar-refractivity contribution is 0.324. The Labute approximate surface area is 63.2 Å². The molecule has 0 aromatic heterocycles. The summed E-state index contributed by atoms with van der Waals surface area (Å²) < 4.78 is 0. The van der Waals surface area contributed by atoms with Gasteiger partial charge in [-0.3, -0.25) is 0 Å². The number of fused-ring (bicyclic) bond motifs is 2. The van der Waals surface area contributed by atoms with E-state index in [2.05, 4.69) is 5.32 Å². The maximum absolute atomic E-state index is 3.72. The molecule has 0 unspecified atom stereocenters. The van der Waals surface area contributed by atoms with Gasteiger partial charge in [0.1, 0.15) is 0 Å². The molecule has 0 aliphatic carbocycles. The second-order valence-corrected chi connectivity index (χ2v) is 3.78. The predicted octanol–water partition coefficient (Wildman–Crippen LogP) is 2.07. The minimum Gasteiger partial charge on any atom is -0.311 e. The van der Waals surface area contributed by atoms with Gasteiger partial charge in [0.05, 0.1) is 0 Å². The molecule has 10 heavy (non-hydrogen) atoms. The topological polar surface area (TPSA) is 12.0 Å². The van der Waals surface area contributed by atoms with Gasteiger partial charge in [0.2, 0.25) is 0 Å². The van der Waals surface area contributed by atoms with Crippen LogP contribution in [0.4, 0.5) is 0 Å². The average Bonchev–Trinajstić information content (AvgIpc) is 2.12. The fourth-order valence-corrected chi connectivity index (χ4v) is 2.35. The zero-order valence-electron chi connectivity index (χ0n) is 6.60. The summed E-state index contributed by atoms with van der Waals surface area (Å²) in [7, 11) is 0. The molecule has 0 radical (unpaired) electrons. The number of piperidine rings is 1. The van der Waals surface area contributed by atoms with Crippen molar-refractivity contribution in [3.8, 4) is 0 Å². The maximum atomic E-state index is 3.72. The summed E-state index contributed by atoms with van der Waals surface area (Å²) in [5.74, 6) is 0. The number of nitrogens with one attached hydrogen (secondary N) is 1. The van der Waals surface area contributed by atoms with Crippen LogP contribution in [0.2, 0.25) is 0 Å².